The third kappa shape index (κ3) is 4.06. The molecule has 3 aromatic rings. The smallest absolute Gasteiger partial charge is 0.234 e. The maximum atomic E-state index is 12.2. The number of nitrogens with one attached hydrogen (secondary N) is 1. The fourth-order valence-electron chi connectivity index (χ4n) is 2.35. The Morgan fingerprint density at radius 3 is 2.64 bits per heavy atom. The van der Waals surface area contributed by atoms with E-state index in [1.54, 1.807) is 4.68 Å². The lowest BCUT2D eigenvalue weighted by Crippen LogP contribution is -2.14. The Bertz CT molecular complexity index is 889. The van der Waals surface area contributed by atoms with E-state index < -0.39 is 0 Å². The molecule has 6 nitrogen and oxygen atoms in total. The molecule has 0 bridgehead atoms. The summed E-state index contributed by atoms with van der Waals surface area (Å²) in [6.45, 7) is 6.09. The van der Waals surface area contributed by atoms with Gasteiger partial charge < -0.3 is 5.32 Å². The molecule has 0 saturated carbocycles. The number of nitrogens with zero attached hydrogens (tertiary/aromatic N) is 4. The Morgan fingerprint density at radius 2 is 1.88 bits per heavy atom. The molecule has 0 saturated heterocycles. The minimum absolute atomic E-state index is 0.0932. The SMILES string of the molecule is Cc1ccc(NC(=O)CSc2nnnn2-c2cccc(C)c2C)cc1. The van der Waals surface area contributed by atoms with E-state index in [0.29, 0.717) is 5.16 Å². The van der Waals surface area contributed by atoms with Gasteiger partial charge in [-0.05, 0) is 60.5 Å². The van der Waals surface area contributed by atoms with Crippen molar-refractivity contribution in [1.29, 1.82) is 0 Å². The lowest BCUT2D eigenvalue weighted by molar-refractivity contribution is -0.113. The third-order valence-electron chi connectivity index (χ3n) is 3.91. The fraction of sp³-hybridized carbons (Fsp3) is 0.222. The zero-order chi connectivity index (χ0) is 17.8. The number of anilines is 1. The van der Waals surface area contributed by atoms with Gasteiger partial charge in [-0.2, -0.15) is 4.68 Å². The molecule has 0 fully saturated rings. The van der Waals surface area contributed by atoms with Crippen LogP contribution in [0, 0.1) is 20.8 Å². The first-order valence-electron chi connectivity index (χ1n) is 7.89. The molecule has 0 unspecified atom stereocenters. The van der Waals surface area contributed by atoms with E-state index in [1.807, 2.05) is 63.2 Å². The van der Waals surface area contributed by atoms with Gasteiger partial charge in [-0.25, -0.2) is 0 Å². The van der Waals surface area contributed by atoms with Crippen LogP contribution in [0.5, 0.6) is 0 Å². The Morgan fingerprint density at radius 1 is 1.12 bits per heavy atom. The van der Waals surface area contributed by atoms with Crippen molar-refractivity contribution in [2.24, 2.45) is 0 Å². The molecule has 1 N–H and O–H groups in total. The summed E-state index contributed by atoms with van der Waals surface area (Å²) in [4.78, 5) is 12.2. The van der Waals surface area contributed by atoms with Crippen LogP contribution >= 0.6 is 11.8 Å². The molecule has 1 aromatic heterocycles. The van der Waals surface area contributed by atoms with Crippen molar-refractivity contribution in [3.63, 3.8) is 0 Å². The summed E-state index contributed by atoms with van der Waals surface area (Å²) >= 11 is 1.31. The van der Waals surface area contributed by atoms with Crippen LogP contribution in [0.2, 0.25) is 0 Å². The summed E-state index contributed by atoms with van der Waals surface area (Å²) in [6.07, 6.45) is 0. The van der Waals surface area contributed by atoms with Gasteiger partial charge in [-0.3, -0.25) is 4.79 Å². The molecule has 1 amide bonds. The highest BCUT2D eigenvalue weighted by molar-refractivity contribution is 7.99. The topological polar surface area (TPSA) is 72.7 Å². The molecule has 0 radical (unpaired) electrons. The first-order chi connectivity index (χ1) is 12.0. The normalized spacial score (nSPS) is 10.7. The highest BCUT2D eigenvalue weighted by Crippen LogP contribution is 2.22. The molecule has 128 valence electrons. The van der Waals surface area contributed by atoms with E-state index in [0.717, 1.165) is 22.5 Å². The summed E-state index contributed by atoms with van der Waals surface area (Å²) in [5.41, 5.74) is 5.14. The van der Waals surface area contributed by atoms with Crippen LogP contribution in [0.4, 0.5) is 5.69 Å². The molecular formula is C18H19N5OS. The predicted octanol–water partition coefficient (Wildman–Crippen LogP) is 3.32. The van der Waals surface area contributed by atoms with Gasteiger partial charge in [0.1, 0.15) is 0 Å². The summed E-state index contributed by atoms with van der Waals surface area (Å²) in [7, 11) is 0. The Kier molecular flexibility index (Phi) is 5.14. The molecule has 0 spiro atoms. The van der Waals surface area contributed by atoms with Crippen molar-refractivity contribution in [1.82, 2.24) is 20.2 Å². The van der Waals surface area contributed by atoms with Gasteiger partial charge in [0.05, 0.1) is 11.4 Å². The second kappa shape index (κ2) is 7.48. The van der Waals surface area contributed by atoms with E-state index in [4.69, 9.17) is 0 Å². The number of rotatable bonds is 5. The van der Waals surface area contributed by atoms with E-state index in [-0.39, 0.29) is 11.7 Å². The third-order valence-corrected chi connectivity index (χ3v) is 4.83. The van der Waals surface area contributed by atoms with E-state index in [1.165, 1.54) is 17.3 Å². The summed E-state index contributed by atoms with van der Waals surface area (Å²) in [5.74, 6) is 0.142. The summed E-state index contributed by atoms with van der Waals surface area (Å²) in [6, 6.07) is 13.7. The monoisotopic (exact) mass is 353 g/mol. The molecule has 3 rings (SSSR count). The molecule has 0 atom stereocenters. The zero-order valence-corrected chi connectivity index (χ0v) is 15.2. The van der Waals surface area contributed by atoms with Crippen molar-refractivity contribution in [3.8, 4) is 5.69 Å². The van der Waals surface area contributed by atoms with Gasteiger partial charge in [0, 0.05) is 5.69 Å². The maximum absolute atomic E-state index is 12.2. The number of carbonyl (C=O) groups excluding carboxylic acids is 1. The summed E-state index contributed by atoms with van der Waals surface area (Å²) < 4.78 is 1.67. The molecule has 7 heteroatoms. The largest absolute Gasteiger partial charge is 0.325 e. The van der Waals surface area contributed by atoms with Crippen LogP contribution in [-0.2, 0) is 4.79 Å². The first kappa shape index (κ1) is 17.2. The van der Waals surface area contributed by atoms with Crippen LogP contribution in [0.25, 0.3) is 5.69 Å². The number of amides is 1. The number of carbonyl (C=O) groups is 1. The highest BCUT2D eigenvalue weighted by Gasteiger charge is 2.13. The second-order valence-corrected chi connectivity index (χ2v) is 6.74. The van der Waals surface area contributed by atoms with Crippen LogP contribution in [0.15, 0.2) is 47.6 Å². The quantitative estimate of drug-likeness (QED) is 0.713. The van der Waals surface area contributed by atoms with Gasteiger partial charge in [-0.15, -0.1) is 5.10 Å². The van der Waals surface area contributed by atoms with Gasteiger partial charge >= 0.3 is 0 Å². The van der Waals surface area contributed by atoms with Crippen LogP contribution in [0.1, 0.15) is 16.7 Å². The molecule has 1 heterocycles. The maximum Gasteiger partial charge on any atom is 0.234 e. The number of hydrogen-bond acceptors (Lipinski definition) is 5. The van der Waals surface area contributed by atoms with Crippen molar-refractivity contribution in [2.45, 2.75) is 25.9 Å². The molecular weight excluding hydrogens is 334 g/mol. The van der Waals surface area contributed by atoms with Crippen LogP contribution in [-0.4, -0.2) is 31.9 Å². The van der Waals surface area contributed by atoms with E-state index in [9.17, 15) is 4.79 Å². The number of benzene rings is 2. The Hall–Kier alpha value is -2.67. The molecule has 0 aliphatic heterocycles. The number of tetrazole rings is 1. The lowest BCUT2D eigenvalue weighted by Gasteiger charge is -2.09. The number of hydrogen-bond donors (Lipinski definition) is 1. The fourth-order valence-corrected chi connectivity index (χ4v) is 3.03. The Balaban J connectivity index is 1.68. The molecule has 2 aromatic carbocycles. The van der Waals surface area contributed by atoms with Gasteiger partial charge in [0.2, 0.25) is 11.1 Å². The first-order valence-corrected chi connectivity index (χ1v) is 8.87. The minimum Gasteiger partial charge on any atom is -0.325 e. The summed E-state index contributed by atoms with van der Waals surface area (Å²) in [5, 5.41) is 15.3. The van der Waals surface area contributed by atoms with Crippen molar-refractivity contribution >= 4 is 23.4 Å². The average Bonchev–Trinajstić information content (AvgIpc) is 3.06. The van der Waals surface area contributed by atoms with Crippen molar-refractivity contribution in [2.75, 3.05) is 11.1 Å². The predicted molar refractivity (Wildman–Crippen MR) is 99.2 cm³/mol. The zero-order valence-electron chi connectivity index (χ0n) is 14.4. The van der Waals surface area contributed by atoms with Crippen LogP contribution in [0.3, 0.4) is 0 Å². The standard InChI is InChI=1S/C18H19N5OS/c1-12-7-9-15(10-8-12)19-17(24)11-25-18-20-21-22-23(18)16-6-4-5-13(2)14(16)3/h4-10H,11H2,1-3H3,(H,19,24). The van der Waals surface area contributed by atoms with E-state index >= 15 is 0 Å². The molecule has 0 aliphatic carbocycles. The Labute approximate surface area is 150 Å². The number of thioether (sulfide) groups is 1. The number of aromatic nitrogens is 4. The van der Waals surface area contributed by atoms with Gasteiger partial charge in [0.25, 0.3) is 0 Å². The number of aryl methyl sites for hydroxylation is 2. The van der Waals surface area contributed by atoms with Crippen molar-refractivity contribution < 1.29 is 4.79 Å². The van der Waals surface area contributed by atoms with Gasteiger partial charge in [-0.1, -0.05) is 41.6 Å². The van der Waals surface area contributed by atoms with Crippen molar-refractivity contribution in [3.05, 3.63) is 59.2 Å². The van der Waals surface area contributed by atoms with E-state index in [2.05, 4.69) is 20.8 Å². The lowest BCUT2D eigenvalue weighted by atomic mass is 10.1. The average molecular weight is 353 g/mol. The minimum atomic E-state index is -0.0932. The molecule has 0 aliphatic rings. The second-order valence-electron chi connectivity index (χ2n) is 5.80. The highest BCUT2D eigenvalue weighted by atomic mass is 32.2. The molecule has 25 heavy (non-hydrogen) atoms. The van der Waals surface area contributed by atoms with Crippen LogP contribution < -0.4 is 5.32 Å². The van der Waals surface area contributed by atoms with Gasteiger partial charge in [0.15, 0.2) is 0 Å².